The molecule has 0 spiro atoms. The molecule has 8 nitrogen and oxygen atoms in total. The molecule has 0 bridgehead atoms. The van der Waals surface area contributed by atoms with Crippen molar-refractivity contribution in [3.63, 3.8) is 0 Å². The molecule has 15 heavy (non-hydrogen) atoms. The fourth-order valence-electron chi connectivity index (χ4n) is 0.746. The van der Waals surface area contributed by atoms with E-state index >= 15 is 0 Å². The van der Waals surface area contributed by atoms with Gasteiger partial charge in [-0.1, -0.05) is 0 Å². The number of nitrogens with one attached hydrogen (secondary N) is 1. The molecule has 4 N–H and O–H groups in total. The van der Waals surface area contributed by atoms with Crippen molar-refractivity contribution in [3.05, 3.63) is 0 Å². The van der Waals surface area contributed by atoms with Gasteiger partial charge in [0.1, 0.15) is 6.04 Å². The molecular weight excluding hydrogens is 229 g/mol. The normalized spacial score (nSPS) is 18.7. The number of carbonyl (C=O) groups excluding carboxylic acids is 1. The van der Waals surface area contributed by atoms with E-state index in [-0.39, 0.29) is 0 Å². The second-order valence-corrected chi connectivity index (χ2v) is 4.27. The third kappa shape index (κ3) is 5.48. The first-order valence-corrected chi connectivity index (χ1v) is 5.45. The first-order valence-electron chi connectivity index (χ1n) is 3.87. The topological polar surface area (TPSA) is 133 Å². The van der Waals surface area contributed by atoms with E-state index in [9.17, 15) is 14.2 Å². The highest BCUT2D eigenvalue weighted by molar-refractivity contribution is 7.51. The maximum Gasteiger partial charge on any atom is 0.459 e. The van der Waals surface area contributed by atoms with Crippen molar-refractivity contribution in [2.75, 3.05) is 0 Å². The zero-order valence-electron chi connectivity index (χ0n) is 8.08. The quantitative estimate of drug-likeness (QED) is 0.454. The molecule has 0 aliphatic carbocycles. The van der Waals surface area contributed by atoms with E-state index in [0.29, 0.717) is 0 Å². The van der Waals surface area contributed by atoms with Crippen molar-refractivity contribution < 1.29 is 33.8 Å². The minimum Gasteiger partial charge on any atom is -0.480 e. The van der Waals surface area contributed by atoms with Crippen LogP contribution in [0.25, 0.3) is 0 Å². The van der Waals surface area contributed by atoms with Crippen LogP contribution in [-0.4, -0.2) is 39.2 Å². The Hall–Kier alpha value is -0.950. The number of carboxylic acids is 1. The second-order valence-electron chi connectivity index (χ2n) is 2.79. The van der Waals surface area contributed by atoms with Crippen LogP contribution in [0.2, 0.25) is 0 Å². The van der Waals surface area contributed by atoms with Crippen LogP contribution < -0.4 is 5.09 Å². The molecule has 9 heteroatoms. The first-order chi connectivity index (χ1) is 6.65. The third-order valence-corrected chi connectivity index (χ3v) is 2.41. The summed E-state index contributed by atoms with van der Waals surface area (Å²) in [6, 6.07) is -1.69. The Bertz CT molecular complexity index is 302. The Labute approximate surface area is 85.5 Å². The summed E-state index contributed by atoms with van der Waals surface area (Å²) in [5, 5.41) is 19.2. The first kappa shape index (κ1) is 14.1. The van der Waals surface area contributed by atoms with Gasteiger partial charge in [0.15, 0.2) is 0 Å². The van der Waals surface area contributed by atoms with Gasteiger partial charge in [0.2, 0.25) is 0 Å². The van der Waals surface area contributed by atoms with Gasteiger partial charge in [0.25, 0.3) is 0 Å². The number of aliphatic hydroxyl groups is 1. The molecule has 0 aromatic heterocycles. The Morgan fingerprint density at radius 1 is 1.47 bits per heavy atom. The summed E-state index contributed by atoms with van der Waals surface area (Å²) in [6.45, 7) is 2.00. The minimum absolute atomic E-state index is 0.892. The molecule has 0 fully saturated rings. The lowest BCUT2D eigenvalue weighted by Gasteiger charge is -2.19. The standard InChI is InChI=1S/C6H12NO7P/c1-3(8)5(6(10)11)7-15(12,13)14-4(2)9/h3,5,8H,1-2H3,(H,10,11)(H2,7,12,13)/t3-,5+/m1/s1. The average Bonchev–Trinajstić information content (AvgIpc) is 1.96. The number of aliphatic carboxylic acids is 1. The summed E-state index contributed by atoms with van der Waals surface area (Å²) in [6.07, 6.45) is -1.42. The molecular formula is C6H12NO7P. The molecule has 0 saturated carbocycles. The van der Waals surface area contributed by atoms with Gasteiger partial charge < -0.3 is 19.6 Å². The van der Waals surface area contributed by atoms with E-state index < -0.39 is 31.8 Å². The van der Waals surface area contributed by atoms with E-state index in [0.717, 1.165) is 13.8 Å². The predicted octanol–water partition coefficient (Wildman–Crippen LogP) is -0.926. The van der Waals surface area contributed by atoms with Crippen molar-refractivity contribution in [1.29, 1.82) is 0 Å². The molecule has 0 amide bonds. The monoisotopic (exact) mass is 241 g/mol. The van der Waals surface area contributed by atoms with Gasteiger partial charge in [-0.25, -0.2) is 4.57 Å². The summed E-state index contributed by atoms with van der Waals surface area (Å²) in [4.78, 5) is 29.9. The van der Waals surface area contributed by atoms with Crippen molar-refractivity contribution in [2.45, 2.75) is 26.0 Å². The summed E-state index contributed by atoms with van der Waals surface area (Å²) >= 11 is 0. The maximum atomic E-state index is 11.1. The summed E-state index contributed by atoms with van der Waals surface area (Å²) in [7, 11) is -4.55. The van der Waals surface area contributed by atoms with Crippen LogP contribution in [0.5, 0.6) is 0 Å². The molecule has 0 heterocycles. The number of carbonyl (C=O) groups is 2. The molecule has 0 saturated heterocycles. The van der Waals surface area contributed by atoms with Crippen molar-refractivity contribution >= 4 is 19.7 Å². The summed E-state index contributed by atoms with van der Waals surface area (Å²) in [5.41, 5.74) is 0. The van der Waals surface area contributed by atoms with Crippen LogP contribution in [-0.2, 0) is 18.7 Å². The van der Waals surface area contributed by atoms with E-state index in [1.165, 1.54) is 0 Å². The highest BCUT2D eigenvalue weighted by Crippen LogP contribution is 2.37. The van der Waals surface area contributed by atoms with Gasteiger partial charge in [-0.2, -0.15) is 5.09 Å². The molecule has 0 aromatic rings. The van der Waals surface area contributed by atoms with E-state index in [4.69, 9.17) is 15.1 Å². The molecule has 1 unspecified atom stereocenters. The summed E-state index contributed by atoms with van der Waals surface area (Å²) < 4.78 is 15.0. The maximum absolute atomic E-state index is 11.1. The third-order valence-electron chi connectivity index (χ3n) is 1.30. The Morgan fingerprint density at radius 2 is 1.93 bits per heavy atom. The van der Waals surface area contributed by atoms with E-state index in [2.05, 4.69) is 4.52 Å². The predicted molar refractivity (Wildman–Crippen MR) is 47.8 cm³/mol. The van der Waals surface area contributed by atoms with Crippen molar-refractivity contribution in [1.82, 2.24) is 5.09 Å². The Kier molecular flexibility index (Phi) is 4.89. The van der Waals surface area contributed by atoms with Crippen LogP contribution in [0.15, 0.2) is 0 Å². The number of hydrogen-bond acceptors (Lipinski definition) is 5. The van der Waals surface area contributed by atoms with Crippen LogP contribution in [0.1, 0.15) is 13.8 Å². The lowest BCUT2D eigenvalue weighted by molar-refractivity contribution is -0.142. The van der Waals surface area contributed by atoms with E-state index in [1.807, 2.05) is 0 Å². The zero-order valence-corrected chi connectivity index (χ0v) is 8.97. The van der Waals surface area contributed by atoms with Crippen molar-refractivity contribution in [2.24, 2.45) is 0 Å². The second kappa shape index (κ2) is 5.22. The molecule has 0 aromatic carbocycles. The molecule has 0 radical (unpaired) electrons. The van der Waals surface area contributed by atoms with Gasteiger partial charge >= 0.3 is 19.7 Å². The number of hydrogen-bond donors (Lipinski definition) is 4. The molecule has 88 valence electrons. The Balaban J connectivity index is 4.60. The summed E-state index contributed by atoms with van der Waals surface area (Å²) in [5.74, 6) is -2.57. The number of carboxylic acid groups (broad SMARTS) is 1. The van der Waals surface area contributed by atoms with Gasteiger partial charge in [-0.05, 0) is 6.92 Å². The minimum atomic E-state index is -4.55. The van der Waals surface area contributed by atoms with Gasteiger partial charge in [-0.3, -0.25) is 9.59 Å². The van der Waals surface area contributed by atoms with Crippen LogP contribution in [0, 0.1) is 0 Å². The lowest BCUT2D eigenvalue weighted by Crippen LogP contribution is -2.43. The number of aliphatic hydroxyl groups excluding tert-OH is 1. The van der Waals surface area contributed by atoms with Gasteiger partial charge in [0, 0.05) is 6.92 Å². The largest absolute Gasteiger partial charge is 0.480 e. The van der Waals surface area contributed by atoms with E-state index in [1.54, 1.807) is 5.09 Å². The van der Waals surface area contributed by atoms with Crippen LogP contribution in [0.4, 0.5) is 0 Å². The highest BCUT2D eigenvalue weighted by atomic mass is 31.2. The fourth-order valence-corrected chi connectivity index (χ4v) is 1.82. The number of rotatable bonds is 5. The van der Waals surface area contributed by atoms with Crippen molar-refractivity contribution in [3.8, 4) is 0 Å². The van der Waals surface area contributed by atoms with Gasteiger partial charge in [0.05, 0.1) is 6.10 Å². The zero-order chi connectivity index (χ0) is 12.2. The lowest BCUT2D eigenvalue weighted by atomic mass is 10.2. The molecule has 0 aliphatic rings. The van der Waals surface area contributed by atoms with Gasteiger partial charge in [-0.15, -0.1) is 0 Å². The highest BCUT2D eigenvalue weighted by Gasteiger charge is 2.33. The van der Waals surface area contributed by atoms with Crippen LogP contribution >= 0.6 is 7.75 Å². The molecule has 0 rings (SSSR count). The average molecular weight is 241 g/mol. The Morgan fingerprint density at radius 3 is 2.20 bits per heavy atom. The molecule has 3 atom stereocenters. The smallest absolute Gasteiger partial charge is 0.459 e. The molecule has 0 aliphatic heterocycles. The SMILES string of the molecule is CC(=O)OP(=O)(O)N[C@H](C(=O)O)[C@@H](C)O. The fraction of sp³-hybridized carbons (Fsp3) is 0.667. The van der Waals surface area contributed by atoms with Crippen LogP contribution in [0.3, 0.4) is 0 Å².